The number of amides is 1. The second kappa shape index (κ2) is 6.81. The van der Waals surface area contributed by atoms with E-state index in [1.807, 2.05) is 35.2 Å². The van der Waals surface area contributed by atoms with Gasteiger partial charge in [-0.15, -0.1) is 0 Å². The van der Waals surface area contributed by atoms with Crippen molar-refractivity contribution in [2.45, 2.75) is 6.42 Å². The van der Waals surface area contributed by atoms with Crippen LogP contribution in [0.2, 0.25) is 0 Å². The molecule has 0 unspecified atom stereocenters. The van der Waals surface area contributed by atoms with Crippen LogP contribution in [-0.2, 0) is 0 Å². The molecule has 0 bridgehead atoms. The topological polar surface area (TPSA) is 23.6 Å². The lowest BCUT2D eigenvalue weighted by Gasteiger charge is -2.34. The predicted molar refractivity (Wildman–Crippen MR) is 77.3 cm³/mol. The molecule has 3 nitrogen and oxygen atoms in total. The highest BCUT2D eigenvalue weighted by Crippen LogP contribution is 2.09. The first kappa shape index (κ1) is 13.4. The molecule has 0 radical (unpaired) electrons. The largest absolute Gasteiger partial charge is 0.336 e. The van der Waals surface area contributed by atoms with Gasteiger partial charge in [-0.25, -0.2) is 0 Å². The number of carbonyl (C=O) groups is 1. The highest BCUT2D eigenvalue weighted by atomic mass is 32.1. The minimum atomic E-state index is 0.157. The standard InChI is InChI=1S/C14H20N2OS/c17-14(13-5-2-1-3-6-13)16-10-8-15(9-11-16)7-4-12-18/h1-3,5-6,18H,4,7-12H2. The molecule has 1 aliphatic heterocycles. The summed E-state index contributed by atoms with van der Waals surface area (Å²) in [6, 6.07) is 9.53. The minimum Gasteiger partial charge on any atom is -0.336 e. The van der Waals surface area contributed by atoms with E-state index in [1.54, 1.807) is 0 Å². The fourth-order valence-corrected chi connectivity index (χ4v) is 2.37. The molecule has 1 amide bonds. The van der Waals surface area contributed by atoms with Crippen molar-refractivity contribution in [2.75, 3.05) is 38.5 Å². The summed E-state index contributed by atoms with van der Waals surface area (Å²) >= 11 is 4.23. The Balaban J connectivity index is 1.84. The Kier molecular flexibility index (Phi) is 5.08. The van der Waals surface area contributed by atoms with Crippen LogP contribution >= 0.6 is 12.6 Å². The zero-order valence-corrected chi connectivity index (χ0v) is 11.5. The smallest absolute Gasteiger partial charge is 0.253 e. The van der Waals surface area contributed by atoms with E-state index in [0.717, 1.165) is 50.5 Å². The predicted octanol–water partition coefficient (Wildman–Crippen LogP) is 1.76. The van der Waals surface area contributed by atoms with Crippen molar-refractivity contribution in [3.8, 4) is 0 Å². The number of thiol groups is 1. The van der Waals surface area contributed by atoms with Crippen molar-refractivity contribution in [1.29, 1.82) is 0 Å². The van der Waals surface area contributed by atoms with Crippen LogP contribution in [0.4, 0.5) is 0 Å². The summed E-state index contributed by atoms with van der Waals surface area (Å²) in [5.74, 6) is 1.09. The first-order valence-electron chi connectivity index (χ1n) is 6.49. The monoisotopic (exact) mass is 264 g/mol. The normalized spacial score (nSPS) is 16.8. The second-order valence-corrected chi connectivity index (χ2v) is 5.02. The van der Waals surface area contributed by atoms with Gasteiger partial charge < -0.3 is 4.90 Å². The third-order valence-electron chi connectivity index (χ3n) is 3.31. The SMILES string of the molecule is O=C(c1ccccc1)N1CCN(CCCS)CC1. The molecule has 0 atom stereocenters. The summed E-state index contributed by atoms with van der Waals surface area (Å²) in [6.45, 7) is 4.72. The van der Waals surface area contributed by atoms with Gasteiger partial charge in [0.2, 0.25) is 0 Å². The summed E-state index contributed by atoms with van der Waals surface area (Å²) in [4.78, 5) is 16.6. The Morgan fingerprint density at radius 2 is 1.78 bits per heavy atom. The van der Waals surface area contributed by atoms with E-state index >= 15 is 0 Å². The molecule has 98 valence electrons. The van der Waals surface area contributed by atoms with Gasteiger partial charge in [-0.2, -0.15) is 12.6 Å². The maximum absolute atomic E-state index is 12.2. The van der Waals surface area contributed by atoms with E-state index in [-0.39, 0.29) is 5.91 Å². The number of piperazine rings is 1. The molecule has 1 aromatic carbocycles. The molecule has 0 aromatic heterocycles. The molecule has 0 saturated carbocycles. The van der Waals surface area contributed by atoms with Gasteiger partial charge in [0, 0.05) is 31.7 Å². The molecule has 1 heterocycles. The molecule has 0 aliphatic carbocycles. The number of benzene rings is 1. The van der Waals surface area contributed by atoms with E-state index in [4.69, 9.17) is 0 Å². The summed E-state index contributed by atoms with van der Waals surface area (Å²) in [7, 11) is 0. The zero-order chi connectivity index (χ0) is 12.8. The Morgan fingerprint density at radius 3 is 2.39 bits per heavy atom. The van der Waals surface area contributed by atoms with Gasteiger partial charge in [-0.3, -0.25) is 9.69 Å². The number of hydrogen-bond acceptors (Lipinski definition) is 3. The van der Waals surface area contributed by atoms with Crippen molar-refractivity contribution >= 4 is 18.5 Å². The van der Waals surface area contributed by atoms with Crippen LogP contribution in [0.15, 0.2) is 30.3 Å². The van der Waals surface area contributed by atoms with Gasteiger partial charge in [0.05, 0.1) is 0 Å². The Bertz CT molecular complexity index is 375. The minimum absolute atomic E-state index is 0.157. The summed E-state index contributed by atoms with van der Waals surface area (Å²) < 4.78 is 0. The first-order chi connectivity index (χ1) is 8.81. The van der Waals surface area contributed by atoms with Crippen molar-refractivity contribution in [3.05, 3.63) is 35.9 Å². The first-order valence-corrected chi connectivity index (χ1v) is 7.12. The third-order valence-corrected chi connectivity index (χ3v) is 3.63. The molecule has 1 fully saturated rings. The zero-order valence-electron chi connectivity index (χ0n) is 10.6. The van der Waals surface area contributed by atoms with Crippen LogP contribution in [0.1, 0.15) is 16.8 Å². The van der Waals surface area contributed by atoms with Crippen LogP contribution in [0.25, 0.3) is 0 Å². The lowest BCUT2D eigenvalue weighted by molar-refractivity contribution is 0.0638. The molecule has 18 heavy (non-hydrogen) atoms. The number of carbonyl (C=O) groups excluding carboxylic acids is 1. The third kappa shape index (κ3) is 3.50. The van der Waals surface area contributed by atoms with Crippen LogP contribution in [0.5, 0.6) is 0 Å². The quantitative estimate of drug-likeness (QED) is 0.838. The lowest BCUT2D eigenvalue weighted by Crippen LogP contribution is -2.48. The van der Waals surface area contributed by atoms with Gasteiger partial charge in [0.15, 0.2) is 0 Å². The fraction of sp³-hybridized carbons (Fsp3) is 0.500. The molecule has 4 heteroatoms. The molecule has 0 spiro atoms. The summed E-state index contributed by atoms with van der Waals surface area (Å²) in [5.41, 5.74) is 0.793. The fourth-order valence-electron chi connectivity index (χ4n) is 2.23. The molecule has 1 aliphatic rings. The molecule has 0 N–H and O–H groups in total. The summed E-state index contributed by atoms with van der Waals surface area (Å²) in [5, 5.41) is 0. The number of rotatable bonds is 4. The van der Waals surface area contributed by atoms with Crippen LogP contribution in [-0.4, -0.2) is 54.2 Å². The Morgan fingerprint density at radius 1 is 1.11 bits per heavy atom. The number of nitrogens with zero attached hydrogens (tertiary/aromatic N) is 2. The van der Waals surface area contributed by atoms with Crippen molar-refractivity contribution in [2.24, 2.45) is 0 Å². The van der Waals surface area contributed by atoms with Crippen molar-refractivity contribution < 1.29 is 4.79 Å². The van der Waals surface area contributed by atoms with Crippen LogP contribution in [0.3, 0.4) is 0 Å². The number of hydrogen-bond donors (Lipinski definition) is 1. The maximum atomic E-state index is 12.2. The van der Waals surface area contributed by atoms with E-state index in [9.17, 15) is 4.79 Å². The highest BCUT2D eigenvalue weighted by molar-refractivity contribution is 7.80. The Labute approximate surface area is 114 Å². The van der Waals surface area contributed by atoms with Gasteiger partial charge in [-0.05, 0) is 30.9 Å². The van der Waals surface area contributed by atoms with Gasteiger partial charge in [-0.1, -0.05) is 18.2 Å². The molecular formula is C14H20N2OS. The van der Waals surface area contributed by atoms with Gasteiger partial charge in [0.1, 0.15) is 0 Å². The van der Waals surface area contributed by atoms with Crippen molar-refractivity contribution in [1.82, 2.24) is 9.80 Å². The average molecular weight is 264 g/mol. The highest BCUT2D eigenvalue weighted by Gasteiger charge is 2.21. The van der Waals surface area contributed by atoms with Crippen molar-refractivity contribution in [3.63, 3.8) is 0 Å². The molecule has 1 saturated heterocycles. The van der Waals surface area contributed by atoms with E-state index in [0.29, 0.717) is 0 Å². The molecule has 2 rings (SSSR count). The van der Waals surface area contributed by atoms with E-state index in [2.05, 4.69) is 17.5 Å². The molecule has 1 aromatic rings. The van der Waals surface area contributed by atoms with Crippen LogP contribution in [0, 0.1) is 0 Å². The average Bonchev–Trinajstić information content (AvgIpc) is 2.46. The Hall–Kier alpha value is -1.00. The molecular weight excluding hydrogens is 244 g/mol. The lowest BCUT2D eigenvalue weighted by atomic mass is 10.2. The van der Waals surface area contributed by atoms with Gasteiger partial charge >= 0.3 is 0 Å². The van der Waals surface area contributed by atoms with E-state index < -0.39 is 0 Å². The maximum Gasteiger partial charge on any atom is 0.253 e. The van der Waals surface area contributed by atoms with E-state index in [1.165, 1.54) is 0 Å². The van der Waals surface area contributed by atoms with Crippen LogP contribution < -0.4 is 0 Å². The second-order valence-electron chi connectivity index (χ2n) is 4.58. The van der Waals surface area contributed by atoms with Gasteiger partial charge in [0.25, 0.3) is 5.91 Å². The summed E-state index contributed by atoms with van der Waals surface area (Å²) in [6.07, 6.45) is 1.12.